The van der Waals surface area contributed by atoms with Gasteiger partial charge in [-0.3, -0.25) is 15.9 Å². The van der Waals surface area contributed by atoms with Crippen LogP contribution in [0.5, 0.6) is 0 Å². The van der Waals surface area contributed by atoms with Crippen LogP contribution in [0.25, 0.3) is 22.3 Å². The fourth-order valence-corrected chi connectivity index (χ4v) is 4.89. The van der Waals surface area contributed by atoms with Crippen molar-refractivity contribution in [3.8, 4) is 22.3 Å². The van der Waals surface area contributed by atoms with Crippen LogP contribution in [0.3, 0.4) is 0 Å². The van der Waals surface area contributed by atoms with Crippen LogP contribution in [0.2, 0.25) is 0 Å². The zero-order chi connectivity index (χ0) is 24.4. The average molecular weight is 651 g/mol. The summed E-state index contributed by atoms with van der Waals surface area (Å²) in [5, 5.41) is 8.36. The number of carbonyl (C=O) groups is 1. The van der Waals surface area contributed by atoms with Gasteiger partial charge >= 0.3 is 0 Å². The first-order valence-corrected chi connectivity index (χ1v) is 12.0. The van der Waals surface area contributed by atoms with Gasteiger partial charge in [0, 0.05) is 38.1 Å². The van der Waals surface area contributed by atoms with Crippen LogP contribution < -0.4 is 0 Å². The molecule has 4 aliphatic rings. The van der Waals surface area contributed by atoms with Gasteiger partial charge in [-0.15, -0.1) is 12.2 Å². The molecule has 0 aliphatic heterocycles. The van der Waals surface area contributed by atoms with E-state index in [1.807, 2.05) is 6.20 Å². The van der Waals surface area contributed by atoms with E-state index < -0.39 is 0 Å². The van der Waals surface area contributed by atoms with Crippen molar-refractivity contribution in [2.75, 3.05) is 0 Å². The van der Waals surface area contributed by atoms with E-state index in [1.54, 1.807) is 0 Å². The van der Waals surface area contributed by atoms with Crippen molar-refractivity contribution < 1.29 is 30.0 Å². The molecule has 4 aliphatic carbocycles. The largest absolute Gasteiger partial charge is 0.512 e. The number of aromatic nitrogens is 1. The van der Waals surface area contributed by atoms with Crippen LogP contribution in [-0.4, -0.2) is 15.9 Å². The molecule has 1 radical (unpaired) electrons. The summed E-state index contributed by atoms with van der Waals surface area (Å²) < 4.78 is 0. The van der Waals surface area contributed by atoms with Crippen LogP contribution in [0.15, 0.2) is 115 Å². The van der Waals surface area contributed by atoms with Crippen LogP contribution in [0.1, 0.15) is 19.5 Å². The predicted molar refractivity (Wildman–Crippen MR) is 140 cm³/mol. The van der Waals surface area contributed by atoms with Crippen molar-refractivity contribution in [2.24, 2.45) is 17.8 Å². The molecule has 3 aromatic rings. The van der Waals surface area contributed by atoms with Gasteiger partial charge in [0.25, 0.3) is 0 Å². The molecule has 1 aromatic heterocycles. The minimum absolute atomic E-state index is 0. The molecule has 0 spiro atoms. The van der Waals surface area contributed by atoms with E-state index in [4.69, 9.17) is 10.1 Å². The van der Waals surface area contributed by atoms with Gasteiger partial charge in [0.05, 0.1) is 5.76 Å². The Bertz CT molecular complexity index is 1300. The quantitative estimate of drug-likeness (QED) is 0.143. The zero-order valence-corrected chi connectivity index (χ0v) is 22.7. The second-order valence-corrected chi connectivity index (χ2v) is 9.40. The molecule has 2 aromatic carbocycles. The Hall–Kier alpha value is -3.33. The number of ketones is 1. The van der Waals surface area contributed by atoms with Crippen molar-refractivity contribution in [1.29, 1.82) is 0 Å². The Labute approximate surface area is 226 Å². The monoisotopic (exact) mass is 651 g/mol. The summed E-state index contributed by atoms with van der Waals surface area (Å²) >= 11 is 0. The van der Waals surface area contributed by atoms with E-state index in [-0.39, 0.29) is 37.1 Å². The first-order valence-electron chi connectivity index (χ1n) is 12.0. The maximum Gasteiger partial charge on any atom is 0.155 e. The molecule has 4 bridgehead atoms. The molecule has 7 rings (SSSR count). The van der Waals surface area contributed by atoms with E-state index in [0.29, 0.717) is 17.8 Å². The number of aliphatic hydroxyl groups is 1. The summed E-state index contributed by atoms with van der Waals surface area (Å²) in [6.45, 7) is 2.85. The van der Waals surface area contributed by atoms with Crippen LogP contribution in [-0.2, 0) is 30.3 Å². The number of allylic oxidation sites excluding steroid dienone is 8. The number of nitrogens with zero attached hydrogens (tertiary/aromatic N) is 1. The SMILES string of the molecule is CC(=O)/C=C(/C)O.[C-]1=CC2C3C=CC1(c1cc(-c4ccc(-c5ccccc5)cc4)ccn1)C=CC23.[Ir]. The van der Waals surface area contributed by atoms with Crippen LogP contribution in [0, 0.1) is 23.8 Å². The van der Waals surface area contributed by atoms with Gasteiger partial charge in [-0.05, 0) is 66.0 Å². The normalized spacial score (nSPS) is 24.6. The van der Waals surface area contributed by atoms with Gasteiger partial charge in [0.1, 0.15) is 0 Å². The van der Waals surface area contributed by atoms with Crippen molar-refractivity contribution >= 4 is 5.78 Å². The molecule has 1 N–H and O–H groups in total. The summed E-state index contributed by atoms with van der Waals surface area (Å²) in [5.41, 5.74) is 5.61. The summed E-state index contributed by atoms with van der Waals surface area (Å²) in [4.78, 5) is 14.7. The minimum Gasteiger partial charge on any atom is -0.512 e. The molecule has 2 atom stereocenters. The molecule has 0 amide bonds. The van der Waals surface area contributed by atoms with E-state index >= 15 is 0 Å². The number of benzene rings is 2. The van der Waals surface area contributed by atoms with Gasteiger partial charge in [0.15, 0.2) is 5.78 Å². The summed E-state index contributed by atoms with van der Waals surface area (Å²) in [6.07, 6.45) is 18.3. The molecular formula is C32H28IrNO2-. The maximum atomic E-state index is 10.0. The van der Waals surface area contributed by atoms with E-state index in [9.17, 15) is 4.79 Å². The minimum atomic E-state index is -0.321. The Morgan fingerprint density at radius 2 is 1.44 bits per heavy atom. The maximum absolute atomic E-state index is 10.0. The van der Waals surface area contributed by atoms with Crippen molar-refractivity contribution in [1.82, 2.24) is 4.98 Å². The van der Waals surface area contributed by atoms with Gasteiger partial charge in [-0.2, -0.15) is 0 Å². The first-order chi connectivity index (χ1) is 16.9. The van der Waals surface area contributed by atoms with Gasteiger partial charge < -0.3 is 11.2 Å². The molecule has 4 heteroatoms. The molecule has 1 heterocycles. The summed E-state index contributed by atoms with van der Waals surface area (Å²) in [5.74, 6) is 1.92. The van der Waals surface area contributed by atoms with Gasteiger partial charge in [-0.25, -0.2) is 0 Å². The Balaban J connectivity index is 0.000000338. The number of hydrogen-bond acceptors (Lipinski definition) is 3. The third-order valence-corrected chi connectivity index (χ3v) is 6.79. The number of rotatable bonds is 4. The molecule has 183 valence electrons. The molecule has 1 fully saturated rings. The molecule has 1 saturated carbocycles. The molecule has 0 saturated heterocycles. The van der Waals surface area contributed by atoms with Gasteiger partial charge in [-0.1, -0.05) is 72.2 Å². The third kappa shape index (κ3) is 5.41. The van der Waals surface area contributed by atoms with Crippen molar-refractivity contribution in [3.05, 3.63) is 127 Å². The Kier molecular flexibility index (Phi) is 7.68. The topological polar surface area (TPSA) is 50.2 Å². The molecule has 2 unspecified atom stereocenters. The van der Waals surface area contributed by atoms with Crippen molar-refractivity contribution in [2.45, 2.75) is 19.3 Å². The number of aliphatic hydroxyl groups excluding tert-OH is 1. The van der Waals surface area contributed by atoms with E-state index in [1.165, 1.54) is 42.2 Å². The summed E-state index contributed by atoms with van der Waals surface area (Å²) in [7, 11) is 0. The van der Waals surface area contributed by atoms with Crippen molar-refractivity contribution in [3.63, 3.8) is 0 Å². The number of pyridine rings is 1. The molecular weight excluding hydrogens is 623 g/mol. The van der Waals surface area contributed by atoms with E-state index in [2.05, 4.69) is 103 Å². The summed E-state index contributed by atoms with van der Waals surface area (Å²) in [6, 6.07) is 23.6. The fourth-order valence-electron chi connectivity index (χ4n) is 4.89. The zero-order valence-electron chi connectivity index (χ0n) is 20.3. The smallest absolute Gasteiger partial charge is 0.155 e. The third-order valence-electron chi connectivity index (χ3n) is 6.79. The second kappa shape index (κ2) is 10.7. The van der Waals surface area contributed by atoms with Gasteiger partial charge in [0.2, 0.25) is 0 Å². The molecule has 3 nitrogen and oxygen atoms in total. The average Bonchev–Trinajstić information content (AvgIpc) is 3.63. The Morgan fingerprint density at radius 3 is 2.00 bits per heavy atom. The number of carbonyl (C=O) groups excluding carboxylic acids is 1. The number of hydrogen-bond donors (Lipinski definition) is 1. The molecule has 36 heavy (non-hydrogen) atoms. The van der Waals surface area contributed by atoms with E-state index in [0.717, 1.165) is 5.69 Å². The predicted octanol–water partition coefficient (Wildman–Crippen LogP) is 7.05. The Morgan fingerprint density at radius 1 is 0.861 bits per heavy atom. The second-order valence-electron chi connectivity index (χ2n) is 9.40. The first kappa shape index (κ1) is 25.8. The van der Waals surface area contributed by atoms with Crippen LogP contribution in [0.4, 0.5) is 0 Å². The van der Waals surface area contributed by atoms with Crippen LogP contribution >= 0.6 is 0 Å². The fraction of sp³-hybridized carbons (Fsp3) is 0.188. The standard InChI is InChI=1S/C27H20N.C5H8O2.Ir/c1-2-4-19(5-3-1)20-6-8-21(9-7-20)22-13-17-28-26(18-22)27-14-10-23-24(11-15-27)25(23)12-16-27;1-4(6)3-5(2)7;/h1-15,17-18,23-25H;3,6H,1-2H3;/q-1;;/b;4-3-;.